The number of hydrogen-bond donors (Lipinski definition) is 1. The Labute approximate surface area is 155 Å². The smallest absolute Gasteiger partial charge is 0.221 e. The van der Waals surface area contributed by atoms with Crippen molar-refractivity contribution in [2.24, 2.45) is 0 Å². The molecular formula is C17H27ClN2O4S. The number of halogens is 1. The maximum absolute atomic E-state index is 12.3. The van der Waals surface area contributed by atoms with Crippen LogP contribution >= 0.6 is 11.6 Å². The molecule has 0 heterocycles. The topological polar surface area (TPSA) is 75.7 Å². The predicted molar refractivity (Wildman–Crippen MR) is 100 cm³/mol. The van der Waals surface area contributed by atoms with Gasteiger partial charge in [0.2, 0.25) is 5.91 Å². The van der Waals surface area contributed by atoms with Gasteiger partial charge in [0.05, 0.1) is 22.8 Å². The molecule has 0 spiro atoms. The minimum Gasteiger partial charge on any atom is -0.495 e. The monoisotopic (exact) mass is 390 g/mol. The lowest BCUT2D eigenvalue weighted by Gasteiger charge is -2.26. The maximum Gasteiger partial charge on any atom is 0.221 e. The van der Waals surface area contributed by atoms with Crippen molar-refractivity contribution in [2.45, 2.75) is 38.1 Å². The average molecular weight is 391 g/mol. The van der Waals surface area contributed by atoms with E-state index in [2.05, 4.69) is 24.1 Å². The lowest BCUT2D eigenvalue weighted by atomic mass is 10.2. The number of carbonyl (C=O) groups is 1. The number of carbonyl (C=O) groups excluding carboxylic acids is 1. The maximum atomic E-state index is 12.3. The molecule has 0 saturated carbocycles. The zero-order chi connectivity index (χ0) is 19.0. The van der Waals surface area contributed by atoms with Gasteiger partial charge < -0.3 is 10.1 Å². The van der Waals surface area contributed by atoms with E-state index < -0.39 is 9.84 Å². The number of methoxy groups -OCH3 is 1. The van der Waals surface area contributed by atoms with Gasteiger partial charge in [0.15, 0.2) is 9.84 Å². The summed E-state index contributed by atoms with van der Waals surface area (Å²) in [6.45, 7) is 8.46. The second-order valence-electron chi connectivity index (χ2n) is 5.74. The molecule has 1 unspecified atom stereocenters. The van der Waals surface area contributed by atoms with Crippen LogP contribution in [0.25, 0.3) is 0 Å². The molecule has 0 aliphatic rings. The first-order valence-electron chi connectivity index (χ1n) is 8.32. The summed E-state index contributed by atoms with van der Waals surface area (Å²) in [4.78, 5) is 14.3. The highest BCUT2D eigenvalue weighted by Crippen LogP contribution is 2.27. The summed E-state index contributed by atoms with van der Waals surface area (Å²) in [5, 5.41) is 3.02. The van der Waals surface area contributed by atoms with Crippen LogP contribution in [0.2, 0.25) is 5.02 Å². The van der Waals surface area contributed by atoms with Crippen molar-refractivity contribution < 1.29 is 17.9 Å². The first-order chi connectivity index (χ1) is 11.7. The minimum atomic E-state index is -3.58. The molecule has 0 aliphatic heterocycles. The molecular weight excluding hydrogens is 364 g/mol. The molecule has 0 fully saturated rings. The third-order valence-corrected chi connectivity index (χ3v) is 6.12. The van der Waals surface area contributed by atoms with Crippen molar-refractivity contribution in [3.8, 4) is 5.75 Å². The number of nitrogens with one attached hydrogen (secondary N) is 1. The Morgan fingerprint density at radius 3 is 2.48 bits per heavy atom. The molecule has 1 amide bonds. The van der Waals surface area contributed by atoms with Gasteiger partial charge in [0.25, 0.3) is 0 Å². The van der Waals surface area contributed by atoms with Crippen molar-refractivity contribution in [1.82, 2.24) is 10.2 Å². The summed E-state index contributed by atoms with van der Waals surface area (Å²) in [7, 11) is -2.12. The number of hydrogen-bond acceptors (Lipinski definition) is 5. The van der Waals surface area contributed by atoms with Crippen molar-refractivity contribution in [2.75, 3.05) is 32.5 Å². The molecule has 0 aliphatic carbocycles. The second kappa shape index (κ2) is 9.99. The largest absolute Gasteiger partial charge is 0.495 e. The van der Waals surface area contributed by atoms with Gasteiger partial charge in [0, 0.05) is 19.0 Å². The standard InChI is InChI=1S/C17H27ClN2O4S/c1-5-20(6-2)13(3)12-19-17(21)9-10-25(22,23)14-7-8-16(24-4)15(18)11-14/h7-8,11,13H,5-6,9-10,12H2,1-4H3,(H,19,21). The summed E-state index contributed by atoms with van der Waals surface area (Å²) in [5.74, 6) is -0.132. The van der Waals surface area contributed by atoms with Gasteiger partial charge in [0.1, 0.15) is 5.75 Å². The molecule has 1 rings (SSSR count). The van der Waals surface area contributed by atoms with Crippen LogP contribution in [0.5, 0.6) is 5.75 Å². The van der Waals surface area contributed by atoms with Crippen LogP contribution in [0.15, 0.2) is 23.1 Å². The Balaban J connectivity index is 2.58. The molecule has 1 aromatic carbocycles. The van der Waals surface area contributed by atoms with Crippen LogP contribution in [-0.2, 0) is 14.6 Å². The molecule has 0 aromatic heterocycles. The van der Waals surface area contributed by atoms with Crippen LogP contribution < -0.4 is 10.1 Å². The lowest BCUT2D eigenvalue weighted by molar-refractivity contribution is -0.120. The van der Waals surface area contributed by atoms with Gasteiger partial charge >= 0.3 is 0 Å². The van der Waals surface area contributed by atoms with E-state index in [1.165, 1.54) is 25.3 Å². The fourth-order valence-corrected chi connectivity index (χ4v) is 4.10. The molecule has 1 aromatic rings. The quantitative estimate of drug-likeness (QED) is 0.663. The van der Waals surface area contributed by atoms with E-state index in [-0.39, 0.29) is 34.0 Å². The average Bonchev–Trinajstić information content (AvgIpc) is 2.59. The van der Waals surface area contributed by atoms with E-state index in [4.69, 9.17) is 16.3 Å². The molecule has 6 nitrogen and oxygen atoms in total. The number of sulfone groups is 1. The SMILES string of the molecule is CCN(CC)C(C)CNC(=O)CCS(=O)(=O)c1ccc(OC)c(Cl)c1. The van der Waals surface area contributed by atoms with Crippen molar-refractivity contribution in [3.63, 3.8) is 0 Å². The number of amides is 1. The summed E-state index contributed by atoms with van der Waals surface area (Å²) in [6, 6.07) is 4.48. The summed E-state index contributed by atoms with van der Waals surface area (Å²) in [5.41, 5.74) is 0. The molecule has 0 saturated heterocycles. The van der Waals surface area contributed by atoms with Gasteiger partial charge in [-0.25, -0.2) is 8.42 Å². The van der Waals surface area contributed by atoms with Crippen LogP contribution in [0, 0.1) is 0 Å². The third kappa shape index (κ3) is 6.49. The Hall–Kier alpha value is -1.31. The van der Waals surface area contributed by atoms with Crippen LogP contribution in [-0.4, -0.2) is 57.8 Å². The Morgan fingerprint density at radius 2 is 1.96 bits per heavy atom. The van der Waals surface area contributed by atoms with E-state index in [0.29, 0.717) is 12.3 Å². The molecule has 142 valence electrons. The lowest BCUT2D eigenvalue weighted by Crippen LogP contribution is -2.42. The molecule has 1 N–H and O–H groups in total. The molecule has 0 radical (unpaired) electrons. The van der Waals surface area contributed by atoms with Gasteiger partial charge in [-0.2, -0.15) is 0 Å². The highest BCUT2D eigenvalue weighted by Gasteiger charge is 2.19. The van der Waals surface area contributed by atoms with Gasteiger partial charge in [-0.15, -0.1) is 0 Å². The molecule has 0 bridgehead atoms. The third-order valence-electron chi connectivity index (χ3n) is 4.11. The van der Waals surface area contributed by atoms with Gasteiger partial charge in [-0.3, -0.25) is 9.69 Å². The number of ether oxygens (including phenoxy) is 1. The van der Waals surface area contributed by atoms with Crippen LogP contribution in [0.4, 0.5) is 0 Å². The zero-order valence-electron chi connectivity index (χ0n) is 15.2. The van der Waals surface area contributed by atoms with Gasteiger partial charge in [-0.1, -0.05) is 25.4 Å². The number of nitrogens with zero attached hydrogens (tertiary/aromatic N) is 1. The van der Waals surface area contributed by atoms with Crippen LogP contribution in [0.1, 0.15) is 27.2 Å². The summed E-state index contributed by atoms with van der Waals surface area (Å²) in [6.07, 6.45) is -0.0864. The molecule has 1 atom stereocenters. The highest BCUT2D eigenvalue weighted by atomic mass is 35.5. The fraction of sp³-hybridized carbons (Fsp3) is 0.588. The number of likely N-dealkylation sites (N-methyl/N-ethyl adjacent to an activating group) is 1. The highest BCUT2D eigenvalue weighted by molar-refractivity contribution is 7.91. The Morgan fingerprint density at radius 1 is 1.32 bits per heavy atom. The van der Waals surface area contributed by atoms with E-state index in [9.17, 15) is 13.2 Å². The van der Waals surface area contributed by atoms with E-state index in [0.717, 1.165) is 13.1 Å². The van der Waals surface area contributed by atoms with Crippen molar-refractivity contribution in [3.05, 3.63) is 23.2 Å². The van der Waals surface area contributed by atoms with E-state index in [1.807, 2.05) is 6.92 Å². The second-order valence-corrected chi connectivity index (χ2v) is 8.26. The first kappa shape index (κ1) is 21.7. The fourth-order valence-electron chi connectivity index (χ4n) is 2.51. The molecule has 8 heteroatoms. The zero-order valence-corrected chi connectivity index (χ0v) is 16.8. The Bertz CT molecular complexity index is 675. The van der Waals surface area contributed by atoms with Crippen LogP contribution in [0.3, 0.4) is 0 Å². The number of rotatable bonds is 10. The normalized spacial score (nSPS) is 12.9. The number of benzene rings is 1. The van der Waals surface area contributed by atoms with Gasteiger partial charge in [-0.05, 0) is 38.2 Å². The summed E-state index contributed by atoms with van der Waals surface area (Å²) < 4.78 is 29.7. The van der Waals surface area contributed by atoms with E-state index in [1.54, 1.807) is 0 Å². The Kier molecular flexibility index (Phi) is 8.68. The minimum absolute atomic E-state index is 0.0857. The summed E-state index contributed by atoms with van der Waals surface area (Å²) >= 11 is 5.97. The van der Waals surface area contributed by atoms with E-state index >= 15 is 0 Å². The van der Waals surface area contributed by atoms with Crippen molar-refractivity contribution >= 4 is 27.3 Å². The molecule has 25 heavy (non-hydrogen) atoms. The predicted octanol–water partition coefficient (Wildman–Crippen LogP) is 2.36. The van der Waals surface area contributed by atoms with Crippen molar-refractivity contribution in [1.29, 1.82) is 0 Å². The first-order valence-corrected chi connectivity index (χ1v) is 10.3.